The quantitative estimate of drug-likeness (QED) is 0.864. The molecule has 1 aliphatic rings. The number of hydrogen-bond donors (Lipinski definition) is 2. The van der Waals surface area contributed by atoms with Gasteiger partial charge in [0.25, 0.3) is 0 Å². The number of benzene rings is 1. The highest BCUT2D eigenvalue weighted by molar-refractivity contribution is 5.41. The lowest BCUT2D eigenvalue weighted by Gasteiger charge is -2.22. The highest BCUT2D eigenvalue weighted by Gasteiger charge is 2.17. The average Bonchev–Trinajstić information content (AvgIpc) is 2.60. The first-order valence-corrected chi connectivity index (χ1v) is 8.97. The van der Waals surface area contributed by atoms with Gasteiger partial charge in [-0.05, 0) is 48.8 Å². The number of rotatable bonds is 4. The molecule has 0 spiro atoms. The van der Waals surface area contributed by atoms with Crippen LogP contribution in [-0.4, -0.2) is 30.0 Å². The number of ether oxygens (including phenoxy) is 1. The fraction of sp³-hybridized carbons (Fsp3) is 0.700. The maximum absolute atomic E-state index is 8.42. The van der Waals surface area contributed by atoms with Crippen molar-refractivity contribution in [3.05, 3.63) is 29.3 Å². The molecule has 1 aromatic carbocycles. The zero-order valence-corrected chi connectivity index (χ0v) is 15.6. The summed E-state index contributed by atoms with van der Waals surface area (Å²) >= 11 is 0. The first kappa shape index (κ1) is 21.9. The van der Waals surface area contributed by atoms with Gasteiger partial charge in [0.2, 0.25) is 0 Å². The summed E-state index contributed by atoms with van der Waals surface area (Å²) in [6.07, 6.45) is 6.46. The van der Waals surface area contributed by atoms with E-state index in [2.05, 4.69) is 39.0 Å². The Labute approximate surface area is 142 Å². The number of unbranched alkanes of at least 4 members (excludes halogenated alkanes) is 1. The second kappa shape index (κ2) is 13.4. The third-order valence-corrected chi connectivity index (χ3v) is 4.09. The van der Waals surface area contributed by atoms with E-state index in [9.17, 15) is 0 Å². The normalized spacial score (nSPS) is 16.9. The first-order chi connectivity index (χ1) is 11.0. The molecule has 2 N–H and O–H groups in total. The van der Waals surface area contributed by atoms with E-state index in [0.717, 1.165) is 11.7 Å². The standard InChI is InChI=1S/C12H16O.C4H10O2.C4H10/c1-9-6-7-11-10(8-9)4-3-5-12(11)13-2;1-2-4(6)3-5;1-3-4-2/h3-5,9H,6-8H2,1-2H3;4-6H,2-3H2,1H3;3-4H2,1-2H3/t9-;;/m0../s1. The van der Waals surface area contributed by atoms with Crippen molar-refractivity contribution in [2.45, 2.75) is 72.3 Å². The monoisotopic (exact) mass is 324 g/mol. The summed E-state index contributed by atoms with van der Waals surface area (Å²) in [5.74, 6) is 1.91. The molecule has 0 aromatic heterocycles. The van der Waals surface area contributed by atoms with Gasteiger partial charge in [0.1, 0.15) is 5.75 Å². The minimum atomic E-state index is -0.509. The number of aliphatic hydroxyl groups excluding tert-OH is 2. The van der Waals surface area contributed by atoms with E-state index in [4.69, 9.17) is 14.9 Å². The third kappa shape index (κ3) is 8.97. The summed E-state index contributed by atoms with van der Waals surface area (Å²) in [6, 6.07) is 6.39. The second-order valence-corrected chi connectivity index (χ2v) is 6.19. The van der Waals surface area contributed by atoms with Crippen molar-refractivity contribution in [2.24, 2.45) is 5.92 Å². The summed E-state index contributed by atoms with van der Waals surface area (Å²) in [7, 11) is 1.76. The van der Waals surface area contributed by atoms with Crippen LogP contribution in [0.15, 0.2) is 18.2 Å². The summed E-state index contributed by atoms with van der Waals surface area (Å²) in [5, 5.41) is 16.5. The molecular formula is C20H36O3. The zero-order chi connectivity index (χ0) is 17.7. The molecular weight excluding hydrogens is 288 g/mol. The van der Waals surface area contributed by atoms with Gasteiger partial charge in [-0.1, -0.05) is 52.7 Å². The van der Waals surface area contributed by atoms with Crippen molar-refractivity contribution < 1.29 is 14.9 Å². The molecule has 3 nitrogen and oxygen atoms in total. The maximum atomic E-state index is 8.42. The second-order valence-electron chi connectivity index (χ2n) is 6.19. The van der Waals surface area contributed by atoms with E-state index >= 15 is 0 Å². The van der Waals surface area contributed by atoms with Crippen molar-refractivity contribution in [2.75, 3.05) is 13.7 Å². The van der Waals surface area contributed by atoms with E-state index in [1.807, 2.05) is 6.92 Å². The lowest BCUT2D eigenvalue weighted by atomic mass is 9.84. The molecule has 0 bridgehead atoms. The molecule has 0 saturated carbocycles. The minimum absolute atomic E-state index is 0.115. The lowest BCUT2D eigenvalue weighted by Crippen LogP contribution is -2.12. The van der Waals surface area contributed by atoms with Crippen LogP contribution in [0.25, 0.3) is 0 Å². The predicted octanol–water partition coefficient (Wildman–Crippen LogP) is 4.38. The van der Waals surface area contributed by atoms with Gasteiger partial charge in [-0.15, -0.1) is 0 Å². The Hall–Kier alpha value is -1.06. The van der Waals surface area contributed by atoms with Gasteiger partial charge in [0.05, 0.1) is 19.8 Å². The Kier molecular flexibility index (Phi) is 12.8. The van der Waals surface area contributed by atoms with Gasteiger partial charge in [0.15, 0.2) is 0 Å². The molecule has 0 heterocycles. The molecule has 2 atom stereocenters. The van der Waals surface area contributed by atoms with Gasteiger partial charge in [-0.2, -0.15) is 0 Å². The van der Waals surface area contributed by atoms with Gasteiger partial charge < -0.3 is 14.9 Å². The third-order valence-electron chi connectivity index (χ3n) is 4.09. The van der Waals surface area contributed by atoms with Gasteiger partial charge >= 0.3 is 0 Å². The number of aliphatic hydroxyl groups is 2. The molecule has 3 heteroatoms. The van der Waals surface area contributed by atoms with E-state index in [-0.39, 0.29) is 6.61 Å². The average molecular weight is 325 g/mol. The molecule has 0 saturated heterocycles. The minimum Gasteiger partial charge on any atom is -0.496 e. The summed E-state index contributed by atoms with van der Waals surface area (Å²) in [4.78, 5) is 0. The zero-order valence-electron chi connectivity index (χ0n) is 15.6. The van der Waals surface area contributed by atoms with E-state index in [0.29, 0.717) is 6.42 Å². The number of fused-ring (bicyclic) bond motifs is 1. The Morgan fingerprint density at radius 2 is 1.87 bits per heavy atom. The lowest BCUT2D eigenvalue weighted by molar-refractivity contribution is 0.0923. The van der Waals surface area contributed by atoms with E-state index < -0.39 is 6.10 Å². The topological polar surface area (TPSA) is 49.7 Å². The van der Waals surface area contributed by atoms with Crippen LogP contribution in [-0.2, 0) is 12.8 Å². The van der Waals surface area contributed by atoms with Crippen molar-refractivity contribution in [3.63, 3.8) is 0 Å². The highest BCUT2D eigenvalue weighted by atomic mass is 16.5. The summed E-state index contributed by atoms with van der Waals surface area (Å²) in [5.41, 5.74) is 2.92. The Morgan fingerprint density at radius 3 is 2.30 bits per heavy atom. The molecule has 0 amide bonds. The molecule has 0 radical (unpaired) electrons. The van der Waals surface area contributed by atoms with E-state index in [1.165, 1.54) is 43.2 Å². The molecule has 0 fully saturated rings. The summed E-state index contributed by atoms with van der Waals surface area (Å²) < 4.78 is 5.35. The molecule has 1 aliphatic carbocycles. The molecule has 1 aromatic rings. The highest BCUT2D eigenvalue weighted by Crippen LogP contribution is 2.31. The Morgan fingerprint density at radius 1 is 1.22 bits per heavy atom. The molecule has 23 heavy (non-hydrogen) atoms. The largest absolute Gasteiger partial charge is 0.496 e. The first-order valence-electron chi connectivity index (χ1n) is 8.97. The fourth-order valence-corrected chi connectivity index (χ4v) is 2.27. The van der Waals surface area contributed by atoms with Crippen LogP contribution in [0.3, 0.4) is 0 Å². The van der Waals surface area contributed by atoms with Crippen LogP contribution >= 0.6 is 0 Å². The van der Waals surface area contributed by atoms with Crippen LogP contribution in [0.1, 0.15) is 64.5 Å². The SMILES string of the molecule is CCC(O)CO.CCCC.COc1cccc2c1CC[C@H](C)C2. The Balaban J connectivity index is 0.000000407. The Bertz CT molecular complexity index is 398. The summed E-state index contributed by atoms with van der Waals surface area (Å²) in [6.45, 7) is 8.39. The van der Waals surface area contributed by atoms with Gasteiger partial charge in [0, 0.05) is 0 Å². The van der Waals surface area contributed by atoms with Crippen molar-refractivity contribution in [3.8, 4) is 5.75 Å². The fourth-order valence-electron chi connectivity index (χ4n) is 2.27. The number of hydrogen-bond acceptors (Lipinski definition) is 3. The van der Waals surface area contributed by atoms with Gasteiger partial charge in [-0.25, -0.2) is 0 Å². The molecule has 0 aliphatic heterocycles. The van der Waals surface area contributed by atoms with Crippen molar-refractivity contribution >= 4 is 0 Å². The smallest absolute Gasteiger partial charge is 0.122 e. The van der Waals surface area contributed by atoms with Crippen molar-refractivity contribution in [1.82, 2.24) is 0 Å². The van der Waals surface area contributed by atoms with Crippen LogP contribution in [0, 0.1) is 5.92 Å². The number of methoxy groups -OCH3 is 1. The van der Waals surface area contributed by atoms with Crippen LogP contribution < -0.4 is 4.74 Å². The van der Waals surface area contributed by atoms with Crippen LogP contribution in [0.2, 0.25) is 0 Å². The van der Waals surface area contributed by atoms with Gasteiger partial charge in [-0.3, -0.25) is 0 Å². The molecule has 1 unspecified atom stereocenters. The van der Waals surface area contributed by atoms with E-state index in [1.54, 1.807) is 7.11 Å². The van der Waals surface area contributed by atoms with Crippen LogP contribution in [0.5, 0.6) is 5.75 Å². The molecule has 134 valence electrons. The van der Waals surface area contributed by atoms with Crippen LogP contribution in [0.4, 0.5) is 0 Å². The van der Waals surface area contributed by atoms with Crippen molar-refractivity contribution in [1.29, 1.82) is 0 Å². The molecule has 2 rings (SSSR count). The predicted molar refractivity (Wildman–Crippen MR) is 98.1 cm³/mol. The maximum Gasteiger partial charge on any atom is 0.122 e.